The molecule has 4 atom stereocenters. The van der Waals surface area contributed by atoms with Gasteiger partial charge in [-0.15, -0.1) is 0 Å². The fraction of sp³-hybridized carbons (Fsp3) is 0.667. The molecule has 1 N–H and O–H groups in total. The van der Waals surface area contributed by atoms with Gasteiger partial charge in [-0.3, -0.25) is 0 Å². The molecule has 2 aliphatic carbocycles. The summed E-state index contributed by atoms with van der Waals surface area (Å²) in [4.78, 5) is 0. The molecule has 0 aliphatic heterocycles. The van der Waals surface area contributed by atoms with E-state index in [-0.39, 0.29) is 11.9 Å². The fourth-order valence-electron chi connectivity index (χ4n) is 4.91. The van der Waals surface area contributed by atoms with Gasteiger partial charge >= 0.3 is 0 Å². The first kappa shape index (κ1) is 15.5. The van der Waals surface area contributed by atoms with Gasteiger partial charge in [0.05, 0.1) is 0 Å². The predicted octanol–water partition coefficient (Wildman–Crippen LogP) is 5.45. The zero-order valence-electron chi connectivity index (χ0n) is 13.3. The van der Waals surface area contributed by atoms with Crippen LogP contribution in [0.2, 0.25) is 0 Å². The Morgan fingerprint density at radius 3 is 2.62 bits per heavy atom. The zero-order chi connectivity index (χ0) is 15.4. The Morgan fingerprint density at radius 1 is 1.33 bits per heavy atom. The van der Waals surface area contributed by atoms with Gasteiger partial charge in [0.25, 0.3) is 0 Å². The highest BCUT2D eigenvalue weighted by atomic mass is 79.9. The summed E-state index contributed by atoms with van der Waals surface area (Å²) in [6, 6.07) is 5.87. The number of fused-ring (bicyclic) bond motifs is 2. The first-order chi connectivity index (χ1) is 9.74. The molecule has 0 heterocycles. The molecule has 1 aromatic rings. The van der Waals surface area contributed by atoms with Crippen LogP contribution in [-0.2, 0) is 0 Å². The van der Waals surface area contributed by atoms with E-state index >= 15 is 0 Å². The summed E-state index contributed by atoms with van der Waals surface area (Å²) in [5, 5.41) is 3.76. The third-order valence-corrected chi connectivity index (χ3v) is 6.61. The van der Waals surface area contributed by atoms with Gasteiger partial charge in [-0.1, -0.05) is 42.8 Å². The van der Waals surface area contributed by atoms with E-state index < -0.39 is 0 Å². The van der Waals surface area contributed by atoms with Crippen molar-refractivity contribution < 1.29 is 4.39 Å². The lowest BCUT2D eigenvalue weighted by Gasteiger charge is -2.44. The van der Waals surface area contributed by atoms with Gasteiger partial charge in [0.2, 0.25) is 0 Å². The summed E-state index contributed by atoms with van der Waals surface area (Å²) in [5.41, 5.74) is 1.43. The standard InChI is InChI=1S/C18H25BrFN/c1-11(14-6-5-13(19)9-15(14)20)21-16-17(2,3)12-7-8-18(16,4)10-12/h5-6,9,11-12,16,21H,7-8,10H2,1-4H3. The summed E-state index contributed by atoms with van der Waals surface area (Å²) in [5.74, 6) is 0.678. The summed E-state index contributed by atoms with van der Waals surface area (Å²) in [6.45, 7) is 9.25. The molecule has 0 saturated heterocycles. The molecule has 2 bridgehead atoms. The van der Waals surface area contributed by atoms with Crippen LogP contribution in [0.25, 0.3) is 0 Å². The maximum absolute atomic E-state index is 14.2. The Balaban J connectivity index is 1.83. The van der Waals surface area contributed by atoms with E-state index in [4.69, 9.17) is 0 Å². The van der Waals surface area contributed by atoms with Gasteiger partial charge in [-0.05, 0) is 55.1 Å². The van der Waals surface area contributed by atoms with Crippen molar-refractivity contribution in [2.24, 2.45) is 16.7 Å². The highest BCUT2D eigenvalue weighted by Crippen LogP contribution is 2.62. The van der Waals surface area contributed by atoms with Crippen LogP contribution in [0.3, 0.4) is 0 Å². The molecule has 3 rings (SSSR count). The minimum Gasteiger partial charge on any atom is -0.306 e. The molecule has 1 nitrogen and oxygen atoms in total. The molecule has 2 fully saturated rings. The van der Waals surface area contributed by atoms with E-state index in [1.807, 2.05) is 12.1 Å². The molecule has 0 amide bonds. The summed E-state index contributed by atoms with van der Waals surface area (Å²) < 4.78 is 15.0. The maximum Gasteiger partial charge on any atom is 0.129 e. The summed E-state index contributed by atoms with van der Waals surface area (Å²) in [7, 11) is 0. The number of benzene rings is 1. The van der Waals surface area contributed by atoms with E-state index in [9.17, 15) is 4.39 Å². The summed E-state index contributed by atoms with van der Waals surface area (Å²) >= 11 is 3.33. The van der Waals surface area contributed by atoms with Gasteiger partial charge in [-0.2, -0.15) is 0 Å². The third kappa shape index (κ3) is 2.46. The van der Waals surface area contributed by atoms with Crippen molar-refractivity contribution in [3.05, 3.63) is 34.1 Å². The second kappa shape index (κ2) is 5.06. The molecule has 2 saturated carbocycles. The minimum absolute atomic E-state index is 0.0403. The molecular weight excluding hydrogens is 329 g/mol. The fourth-order valence-corrected chi connectivity index (χ4v) is 5.24. The topological polar surface area (TPSA) is 12.0 Å². The molecule has 1 aromatic carbocycles. The smallest absolute Gasteiger partial charge is 0.129 e. The average Bonchev–Trinajstić information content (AvgIpc) is 2.85. The predicted molar refractivity (Wildman–Crippen MR) is 88.7 cm³/mol. The highest BCUT2D eigenvalue weighted by Gasteiger charge is 2.59. The van der Waals surface area contributed by atoms with E-state index in [1.165, 1.54) is 19.3 Å². The van der Waals surface area contributed by atoms with Gasteiger partial charge in [0.1, 0.15) is 5.82 Å². The molecule has 0 spiro atoms. The lowest BCUT2D eigenvalue weighted by molar-refractivity contribution is 0.0998. The van der Waals surface area contributed by atoms with Crippen LogP contribution < -0.4 is 5.32 Å². The lowest BCUT2D eigenvalue weighted by Crippen LogP contribution is -2.51. The van der Waals surface area contributed by atoms with Gasteiger partial charge in [0.15, 0.2) is 0 Å². The monoisotopic (exact) mass is 353 g/mol. The van der Waals surface area contributed by atoms with E-state index in [1.54, 1.807) is 6.07 Å². The van der Waals surface area contributed by atoms with Crippen LogP contribution in [0.5, 0.6) is 0 Å². The van der Waals surface area contributed by atoms with Crippen LogP contribution in [0.4, 0.5) is 4.39 Å². The molecule has 116 valence electrons. The quantitative estimate of drug-likeness (QED) is 0.761. The zero-order valence-corrected chi connectivity index (χ0v) is 14.9. The van der Waals surface area contributed by atoms with Gasteiger partial charge < -0.3 is 5.32 Å². The number of hydrogen-bond acceptors (Lipinski definition) is 1. The second-order valence-corrected chi connectivity index (χ2v) is 8.82. The van der Waals surface area contributed by atoms with Gasteiger partial charge in [-0.25, -0.2) is 4.39 Å². The number of rotatable bonds is 3. The molecule has 4 unspecified atom stereocenters. The SMILES string of the molecule is CC(NC1C2(C)CCC(C2)C1(C)C)c1ccc(Br)cc1F. The Labute approximate surface area is 135 Å². The van der Waals surface area contributed by atoms with Crippen LogP contribution in [0, 0.1) is 22.6 Å². The van der Waals surface area contributed by atoms with Crippen LogP contribution >= 0.6 is 15.9 Å². The van der Waals surface area contributed by atoms with Crippen LogP contribution in [-0.4, -0.2) is 6.04 Å². The van der Waals surface area contributed by atoms with Crippen molar-refractivity contribution in [2.45, 2.75) is 59.0 Å². The van der Waals surface area contributed by atoms with E-state index in [0.29, 0.717) is 16.9 Å². The lowest BCUT2D eigenvalue weighted by atomic mass is 9.68. The highest BCUT2D eigenvalue weighted by molar-refractivity contribution is 9.10. The maximum atomic E-state index is 14.2. The van der Waals surface area contributed by atoms with Gasteiger partial charge in [0, 0.05) is 22.1 Å². The van der Waals surface area contributed by atoms with E-state index in [0.717, 1.165) is 16.0 Å². The van der Waals surface area contributed by atoms with Crippen LogP contribution in [0.15, 0.2) is 22.7 Å². The first-order valence-corrected chi connectivity index (χ1v) is 8.74. The minimum atomic E-state index is -0.129. The summed E-state index contributed by atoms with van der Waals surface area (Å²) in [6.07, 6.45) is 3.96. The second-order valence-electron chi connectivity index (χ2n) is 7.90. The number of hydrogen-bond donors (Lipinski definition) is 1. The normalized spacial score (nSPS) is 35.1. The van der Waals surface area contributed by atoms with Crippen molar-refractivity contribution in [3.8, 4) is 0 Å². The van der Waals surface area contributed by atoms with E-state index in [2.05, 4.69) is 48.9 Å². The van der Waals surface area contributed by atoms with Crippen molar-refractivity contribution >= 4 is 15.9 Å². The van der Waals surface area contributed by atoms with Crippen LogP contribution in [0.1, 0.15) is 58.6 Å². The van der Waals surface area contributed by atoms with Crippen molar-refractivity contribution in [3.63, 3.8) is 0 Å². The molecule has 3 heteroatoms. The molecule has 2 aliphatic rings. The molecule has 0 aromatic heterocycles. The number of nitrogens with one attached hydrogen (secondary N) is 1. The third-order valence-electron chi connectivity index (χ3n) is 6.12. The largest absolute Gasteiger partial charge is 0.306 e. The average molecular weight is 354 g/mol. The Morgan fingerprint density at radius 2 is 2.05 bits per heavy atom. The Hall–Kier alpha value is -0.410. The van der Waals surface area contributed by atoms with Crippen molar-refractivity contribution in [1.29, 1.82) is 0 Å². The van der Waals surface area contributed by atoms with Crippen molar-refractivity contribution in [1.82, 2.24) is 5.32 Å². The molecule has 21 heavy (non-hydrogen) atoms. The Bertz CT molecular complexity index is 551. The van der Waals surface area contributed by atoms with Crippen molar-refractivity contribution in [2.75, 3.05) is 0 Å². The Kier molecular flexibility index (Phi) is 3.73. The first-order valence-electron chi connectivity index (χ1n) is 7.95. The molecule has 0 radical (unpaired) electrons. The molecular formula is C18H25BrFN. The number of halogens is 2.